The second kappa shape index (κ2) is 5.90. The van der Waals surface area contributed by atoms with E-state index in [1.54, 1.807) is 6.07 Å². The number of hydrogen-bond acceptors (Lipinski definition) is 3. The second-order valence-corrected chi connectivity index (χ2v) is 5.27. The van der Waals surface area contributed by atoms with Gasteiger partial charge in [-0.05, 0) is 31.9 Å². The molecule has 2 aromatic rings. The van der Waals surface area contributed by atoms with Gasteiger partial charge < -0.3 is 5.32 Å². The predicted molar refractivity (Wildman–Crippen MR) is 76.7 cm³/mol. The minimum Gasteiger partial charge on any atom is -0.349 e. The molecule has 2 rings (SSSR count). The minimum atomic E-state index is -0.158. The van der Waals surface area contributed by atoms with Crippen LogP contribution in [0.2, 0.25) is 0 Å². The number of carbonyl (C=O) groups excluding carboxylic acids is 1. The third kappa shape index (κ3) is 3.26. The Balaban J connectivity index is 1.87. The highest BCUT2D eigenvalue weighted by Gasteiger charge is 2.11. The third-order valence-corrected chi connectivity index (χ3v) is 3.16. The number of nitrogens with one attached hydrogen (secondary N) is 2. The van der Waals surface area contributed by atoms with E-state index in [0.717, 1.165) is 17.1 Å². The van der Waals surface area contributed by atoms with E-state index >= 15 is 0 Å². The molecule has 108 valence electrons. The van der Waals surface area contributed by atoms with E-state index in [-0.39, 0.29) is 5.91 Å². The molecule has 20 heavy (non-hydrogen) atoms. The first-order valence-electron chi connectivity index (χ1n) is 6.82. The zero-order valence-corrected chi connectivity index (χ0v) is 12.4. The third-order valence-electron chi connectivity index (χ3n) is 3.16. The van der Waals surface area contributed by atoms with Crippen molar-refractivity contribution in [3.05, 3.63) is 34.9 Å². The number of aromatic nitrogens is 4. The van der Waals surface area contributed by atoms with Gasteiger partial charge in [0, 0.05) is 17.9 Å². The summed E-state index contributed by atoms with van der Waals surface area (Å²) >= 11 is 0. The Kier molecular flexibility index (Phi) is 4.22. The Bertz CT molecular complexity index is 596. The molecule has 0 spiro atoms. The summed E-state index contributed by atoms with van der Waals surface area (Å²) in [7, 11) is 0. The summed E-state index contributed by atoms with van der Waals surface area (Å²) in [6.07, 6.45) is 0. The summed E-state index contributed by atoms with van der Waals surface area (Å²) in [6, 6.07) is 3.81. The van der Waals surface area contributed by atoms with Crippen LogP contribution in [0.3, 0.4) is 0 Å². The lowest BCUT2D eigenvalue weighted by Gasteiger charge is -2.05. The van der Waals surface area contributed by atoms with Crippen molar-refractivity contribution in [3.63, 3.8) is 0 Å². The molecule has 6 nitrogen and oxygen atoms in total. The maximum absolute atomic E-state index is 11.9. The zero-order valence-electron chi connectivity index (χ0n) is 12.4. The van der Waals surface area contributed by atoms with Crippen molar-refractivity contribution < 1.29 is 4.79 Å². The molecule has 0 fully saturated rings. The Morgan fingerprint density at radius 2 is 2.15 bits per heavy atom. The molecule has 2 N–H and O–H groups in total. The van der Waals surface area contributed by atoms with Gasteiger partial charge in [-0.2, -0.15) is 10.2 Å². The average Bonchev–Trinajstić information content (AvgIpc) is 2.97. The molecular formula is C14H21N5O. The summed E-state index contributed by atoms with van der Waals surface area (Å²) in [6.45, 7) is 9.26. The number of nitrogens with zero attached hydrogens (tertiary/aromatic N) is 3. The fourth-order valence-corrected chi connectivity index (χ4v) is 2.02. The number of aryl methyl sites for hydroxylation is 2. The summed E-state index contributed by atoms with van der Waals surface area (Å²) < 4.78 is 1.89. The van der Waals surface area contributed by atoms with Gasteiger partial charge in [-0.3, -0.25) is 14.6 Å². The van der Waals surface area contributed by atoms with E-state index < -0.39 is 0 Å². The van der Waals surface area contributed by atoms with Crippen LogP contribution in [-0.4, -0.2) is 32.4 Å². The van der Waals surface area contributed by atoms with Gasteiger partial charge in [-0.25, -0.2) is 0 Å². The van der Waals surface area contributed by atoms with Crippen LogP contribution in [0.1, 0.15) is 47.3 Å². The van der Waals surface area contributed by atoms with Crippen LogP contribution in [0.4, 0.5) is 0 Å². The number of amides is 1. The van der Waals surface area contributed by atoms with Gasteiger partial charge >= 0.3 is 0 Å². The zero-order chi connectivity index (χ0) is 14.7. The number of hydrogen-bond donors (Lipinski definition) is 2. The van der Waals surface area contributed by atoms with Gasteiger partial charge in [0.05, 0.1) is 12.2 Å². The molecule has 0 aliphatic heterocycles. The van der Waals surface area contributed by atoms with Crippen molar-refractivity contribution >= 4 is 5.91 Å². The Morgan fingerprint density at radius 3 is 2.70 bits per heavy atom. The van der Waals surface area contributed by atoms with E-state index in [4.69, 9.17) is 0 Å². The van der Waals surface area contributed by atoms with Crippen molar-refractivity contribution in [2.24, 2.45) is 0 Å². The fourth-order valence-electron chi connectivity index (χ4n) is 2.02. The molecule has 2 heterocycles. The molecule has 0 radical (unpaired) electrons. The topological polar surface area (TPSA) is 75.6 Å². The number of rotatable bonds is 5. The molecule has 1 amide bonds. The monoisotopic (exact) mass is 275 g/mol. The lowest BCUT2D eigenvalue weighted by atomic mass is 10.1. The summed E-state index contributed by atoms with van der Waals surface area (Å²) in [5.74, 6) is 0.174. The largest absolute Gasteiger partial charge is 0.349 e. The van der Waals surface area contributed by atoms with Crippen LogP contribution in [0.25, 0.3) is 0 Å². The fraction of sp³-hybridized carbons (Fsp3) is 0.500. The molecule has 0 unspecified atom stereocenters. The quantitative estimate of drug-likeness (QED) is 0.873. The van der Waals surface area contributed by atoms with E-state index in [1.165, 1.54) is 0 Å². The van der Waals surface area contributed by atoms with Gasteiger partial charge in [0.2, 0.25) is 0 Å². The summed E-state index contributed by atoms with van der Waals surface area (Å²) in [5, 5.41) is 14.1. The highest BCUT2D eigenvalue weighted by Crippen LogP contribution is 2.11. The van der Waals surface area contributed by atoms with Crippen LogP contribution in [-0.2, 0) is 6.54 Å². The van der Waals surface area contributed by atoms with Crippen molar-refractivity contribution in [3.8, 4) is 0 Å². The molecular weight excluding hydrogens is 254 g/mol. The molecule has 6 heteroatoms. The average molecular weight is 275 g/mol. The Morgan fingerprint density at radius 1 is 1.40 bits per heavy atom. The molecule has 0 aromatic carbocycles. The van der Waals surface area contributed by atoms with Crippen LogP contribution in [0, 0.1) is 13.8 Å². The van der Waals surface area contributed by atoms with Gasteiger partial charge in [0.15, 0.2) is 0 Å². The summed E-state index contributed by atoms with van der Waals surface area (Å²) in [5.41, 5.74) is 3.48. The number of aromatic amines is 1. The standard InChI is InChI=1S/C14H21N5O/c1-9(2)12-8-13(17-16-12)14(20)15-5-6-19-11(4)7-10(3)18-19/h7-9H,5-6H2,1-4H3,(H,15,20)(H,16,17). The SMILES string of the molecule is Cc1cc(C)n(CCNC(=O)c2cc(C(C)C)[nH]n2)n1. The predicted octanol–water partition coefficient (Wildman–Crippen LogP) is 1.78. The van der Waals surface area contributed by atoms with Gasteiger partial charge in [0.1, 0.15) is 5.69 Å². The van der Waals surface area contributed by atoms with Crippen molar-refractivity contribution in [2.45, 2.75) is 40.2 Å². The van der Waals surface area contributed by atoms with Crippen molar-refractivity contribution in [1.29, 1.82) is 0 Å². The molecule has 0 bridgehead atoms. The van der Waals surface area contributed by atoms with Gasteiger partial charge in [-0.15, -0.1) is 0 Å². The van der Waals surface area contributed by atoms with Crippen molar-refractivity contribution in [2.75, 3.05) is 6.54 Å². The molecule has 0 aliphatic carbocycles. The second-order valence-electron chi connectivity index (χ2n) is 5.27. The Hall–Kier alpha value is -2.11. The van der Waals surface area contributed by atoms with E-state index in [0.29, 0.717) is 24.7 Å². The van der Waals surface area contributed by atoms with E-state index in [2.05, 4.69) is 34.5 Å². The first kappa shape index (κ1) is 14.3. The first-order chi connectivity index (χ1) is 9.47. The maximum Gasteiger partial charge on any atom is 0.271 e. The lowest BCUT2D eigenvalue weighted by molar-refractivity contribution is 0.0947. The molecule has 0 atom stereocenters. The minimum absolute atomic E-state index is 0.158. The van der Waals surface area contributed by atoms with Crippen molar-refractivity contribution in [1.82, 2.24) is 25.3 Å². The van der Waals surface area contributed by atoms with Crippen LogP contribution in [0.5, 0.6) is 0 Å². The number of H-pyrrole nitrogens is 1. The molecule has 0 aliphatic rings. The maximum atomic E-state index is 11.9. The lowest BCUT2D eigenvalue weighted by Crippen LogP contribution is -2.28. The van der Waals surface area contributed by atoms with Crippen LogP contribution >= 0.6 is 0 Å². The molecule has 2 aromatic heterocycles. The van der Waals surface area contributed by atoms with E-state index in [9.17, 15) is 4.79 Å². The molecule has 0 saturated heterocycles. The number of carbonyl (C=O) groups is 1. The summed E-state index contributed by atoms with van der Waals surface area (Å²) in [4.78, 5) is 11.9. The molecule has 0 saturated carbocycles. The van der Waals surface area contributed by atoms with Gasteiger partial charge in [-0.1, -0.05) is 13.8 Å². The highest BCUT2D eigenvalue weighted by molar-refractivity contribution is 5.92. The normalized spacial score (nSPS) is 11.1. The van der Waals surface area contributed by atoms with Gasteiger partial charge in [0.25, 0.3) is 5.91 Å². The van der Waals surface area contributed by atoms with E-state index in [1.807, 2.05) is 24.6 Å². The smallest absolute Gasteiger partial charge is 0.271 e. The highest BCUT2D eigenvalue weighted by atomic mass is 16.1. The first-order valence-corrected chi connectivity index (χ1v) is 6.82. The van der Waals surface area contributed by atoms with Crippen LogP contribution < -0.4 is 5.32 Å². The van der Waals surface area contributed by atoms with Crippen LogP contribution in [0.15, 0.2) is 12.1 Å². The Labute approximate surface area is 118 Å².